The van der Waals surface area contributed by atoms with Crippen LogP contribution in [0.15, 0.2) is 97.1 Å². The molecule has 0 aliphatic rings. The Labute approximate surface area is 184 Å². The molecule has 0 atom stereocenters. The molecule has 0 spiro atoms. The lowest BCUT2D eigenvalue weighted by atomic mass is 10.1. The molecule has 31 heavy (non-hydrogen) atoms. The molecule has 0 N–H and O–H groups in total. The van der Waals surface area contributed by atoms with E-state index in [1.807, 2.05) is 78.9 Å². The molecule has 1 aromatic heterocycles. The number of thiophene rings is 1. The molecular formula is C27H20O3S. The summed E-state index contributed by atoms with van der Waals surface area (Å²) in [6.45, 7) is 0.732. The third-order valence-corrected chi connectivity index (χ3v) is 6.28. The molecule has 5 rings (SSSR count). The van der Waals surface area contributed by atoms with Gasteiger partial charge in [0.05, 0.1) is 0 Å². The summed E-state index contributed by atoms with van der Waals surface area (Å²) in [6.07, 6.45) is 0. The number of hydrogen-bond donors (Lipinski definition) is 0. The number of carbonyl (C=O) groups is 1. The van der Waals surface area contributed by atoms with Gasteiger partial charge < -0.3 is 9.47 Å². The van der Waals surface area contributed by atoms with Gasteiger partial charge in [0.2, 0.25) is 5.78 Å². The van der Waals surface area contributed by atoms with Gasteiger partial charge in [-0.2, -0.15) is 0 Å². The second-order valence-corrected chi connectivity index (χ2v) is 8.18. The number of ether oxygens (including phenoxy) is 2. The molecule has 0 saturated carbocycles. The monoisotopic (exact) mass is 424 g/mol. The van der Waals surface area contributed by atoms with Crippen molar-refractivity contribution < 1.29 is 14.3 Å². The zero-order valence-electron chi connectivity index (χ0n) is 16.8. The van der Waals surface area contributed by atoms with Crippen LogP contribution in [0.5, 0.6) is 11.5 Å². The van der Waals surface area contributed by atoms with E-state index in [1.54, 1.807) is 0 Å². The van der Waals surface area contributed by atoms with Crippen molar-refractivity contribution in [2.24, 2.45) is 0 Å². The standard InChI is InChI=1S/C27H20O3S/c28-25(20-10-2-1-3-11-20)27-26(22-14-6-7-16-24(22)31-27)30-18-17-29-23-15-8-12-19-9-4-5-13-21(19)23/h1-16H,17-18H2. The van der Waals surface area contributed by atoms with E-state index in [9.17, 15) is 4.79 Å². The van der Waals surface area contributed by atoms with Crippen LogP contribution < -0.4 is 9.47 Å². The highest BCUT2D eigenvalue weighted by atomic mass is 32.1. The predicted octanol–water partition coefficient (Wildman–Crippen LogP) is 6.74. The first-order valence-electron chi connectivity index (χ1n) is 10.2. The van der Waals surface area contributed by atoms with E-state index >= 15 is 0 Å². The number of hydrogen-bond acceptors (Lipinski definition) is 4. The van der Waals surface area contributed by atoms with Gasteiger partial charge in [0.15, 0.2) is 0 Å². The smallest absolute Gasteiger partial charge is 0.206 e. The predicted molar refractivity (Wildman–Crippen MR) is 127 cm³/mol. The minimum atomic E-state index is -0.0215. The fourth-order valence-electron chi connectivity index (χ4n) is 3.65. The van der Waals surface area contributed by atoms with Crippen molar-refractivity contribution in [3.8, 4) is 11.5 Å². The SMILES string of the molecule is O=C(c1ccccc1)c1sc2ccccc2c1OCCOc1cccc2ccccc12. The average molecular weight is 425 g/mol. The molecule has 4 heteroatoms. The van der Waals surface area contributed by atoms with Crippen LogP contribution in [0.2, 0.25) is 0 Å². The van der Waals surface area contributed by atoms with Gasteiger partial charge in [-0.3, -0.25) is 4.79 Å². The number of benzene rings is 4. The van der Waals surface area contributed by atoms with E-state index in [-0.39, 0.29) is 5.78 Å². The quantitative estimate of drug-likeness (QED) is 0.214. The van der Waals surface area contributed by atoms with E-state index in [1.165, 1.54) is 11.3 Å². The van der Waals surface area contributed by atoms with Crippen LogP contribution in [-0.4, -0.2) is 19.0 Å². The van der Waals surface area contributed by atoms with Crippen LogP contribution in [-0.2, 0) is 0 Å². The molecule has 0 aliphatic heterocycles. The zero-order chi connectivity index (χ0) is 21.0. The summed E-state index contributed by atoms with van der Waals surface area (Å²) in [5.74, 6) is 1.44. The number of carbonyl (C=O) groups excluding carboxylic acids is 1. The lowest BCUT2D eigenvalue weighted by Gasteiger charge is -2.11. The lowest BCUT2D eigenvalue weighted by molar-refractivity contribution is 0.103. The summed E-state index contributed by atoms with van der Waals surface area (Å²) >= 11 is 1.47. The topological polar surface area (TPSA) is 35.5 Å². The molecule has 0 amide bonds. The van der Waals surface area contributed by atoms with Crippen LogP contribution in [0.4, 0.5) is 0 Å². The summed E-state index contributed by atoms with van der Waals surface area (Å²) in [6, 6.07) is 31.4. The average Bonchev–Trinajstić information content (AvgIpc) is 3.20. The molecule has 0 bridgehead atoms. The third kappa shape index (κ3) is 3.90. The number of rotatable bonds is 7. The maximum Gasteiger partial charge on any atom is 0.206 e. The molecule has 5 aromatic rings. The summed E-state index contributed by atoms with van der Waals surface area (Å²) in [4.78, 5) is 13.8. The Kier molecular flexibility index (Phi) is 5.38. The Balaban J connectivity index is 1.37. The molecular weight excluding hydrogens is 404 g/mol. The van der Waals surface area contributed by atoms with Gasteiger partial charge in [0.25, 0.3) is 0 Å². The normalized spacial score (nSPS) is 11.0. The molecule has 4 aromatic carbocycles. The highest BCUT2D eigenvalue weighted by Gasteiger charge is 2.21. The van der Waals surface area contributed by atoms with E-state index in [0.717, 1.165) is 26.6 Å². The van der Waals surface area contributed by atoms with Crippen LogP contribution in [0.3, 0.4) is 0 Å². The van der Waals surface area contributed by atoms with Crippen LogP contribution >= 0.6 is 11.3 Å². The molecule has 0 radical (unpaired) electrons. The van der Waals surface area contributed by atoms with Crippen molar-refractivity contribution in [2.75, 3.05) is 13.2 Å². The maximum atomic E-state index is 13.1. The maximum absolute atomic E-state index is 13.1. The largest absolute Gasteiger partial charge is 0.489 e. The van der Waals surface area contributed by atoms with Gasteiger partial charge >= 0.3 is 0 Å². The second-order valence-electron chi connectivity index (χ2n) is 7.13. The van der Waals surface area contributed by atoms with Crippen molar-refractivity contribution in [1.82, 2.24) is 0 Å². The molecule has 3 nitrogen and oxygen atoms in total. The van der Waals surface area contributed by atoms with Gasteiger partial charge in [-0.05, 0) is 23.6 Å². The third-order valence-electron chi connectivity index (χ3n) is 5.13. The molecule has 152 valence electrons. The van der Waals surface area contributed by atoms with Crippen LogP contribution in [0.1, 0.15) is 15.2 Å². The van der Waals surface area contributed by atoms with Crippen molar-refractivity contribution >= 4 is 38.0 Å². The van der Waals surface area contributed by atoms with E-state index in [2.05, 4.69) is 18.2 Å². The van der Waals surface area contributed by atoms with E-state index in [4.69, 9.17) is 9.47 Å². The Morgan fingerprint density at radius 1 is 0.677 bits per heavy atom. The Hall–Kier alpha value is -3.63. The molecule has 0 fully saturated rings. The van der Waals surface area contributed by atoms with Gasteiger partial charge in [0, 0.05) is 21.0 Å². The minimum Gasteiger partial charge on any atom is -0.489 e. The number of fused-ring (bicyclic) bond motifs is 2. The van der Waals surface area contributed by atoms with Crippen molar-refractivity contribution in [1.29, 1.82) is 0 Å². The summed E-state index contributed by atoms with van der Waals surface area (Å²) in [5.41, 5.74) is 0.658. The van der Waals surface area contributed by atoms with Crippen LogP contribution in [0.25, 0.3) is 20.9 Å². The zero-order valence-corrected chi connectivity index (χ0v) is 17.6. The first-order valence-corrected chi connectivity index (χ1v) is 11.0. The molecule has 0 unspecified atom stereocenters. The van der Waals surface area contributed by atoms with Gasteiger partial charge in [0.1, 0.15) is 29.6 Å². The molecule has 0 aliphatic carbocycles. The Morgan fingerprint density at radius 3 is 2.23 bits per heavy atom. The Morgan fingerprint density at radius 2 is 1.35 bits per heavy atom. The van der Waals surface area contributed by atoms with E-state index < -0.39 is 0 Å². The van der Waals surface area contributed by atoms with Crippen LogP contribution in [0, 0.1) is 0 Å². The Bertz CT molecular complexity index is 1350. The molecule has 0 saturated heterocycles. The first-order chi connectivity index (χ1) is 15.3. The van der Waals surface area contributed by atoms with Crippen molar-refractivity contribution in [2.45, 2.75) is 0 Å². The van der Waals surface area contributed by atoms with Gasteiger partial charge in [-0.25, -0.2) is 0 Å². The minimum absolute atomic E-state index is 0.0215. The summed E-state index contributed by atoms with van der Waals surface area (Å²) in [7, 11) is 0. The first kappa shape index (κ1) is 19.3. The molecule has 1 heterocycles. The fraction of sp³-hybridized carbons (Fsp3) is 0.0741. The highest BCUT2D eigenvalue weighted by Crippen LogP contribution is 2.39. The number of ketones is 1. The van der Waals surface area contributed by atoms with Crippen molar-refractivity contribution in [3.05, 3.63) is 108 Å². The summed E-state index contributed by atoms with van der Waals surface area (Å²) < 4.78 is 13.2. The fourth-order valence-corrected chi connectivity index (χ4v) is 4.76. The van der Waals surface area contributed by atoms with Gasteiger partial charge in [-0.15, -0.1) is 11.3 Å². The second kappa shape index (κ2) is 8.62. The van der Waals surface area contributed by atoms with Crippen molar-refractivity contribution in [3.63, 3.8) is 0 Å². The lowest BCUT2D eigenvalue weighted by Crippen LogP contribution is -2.11. The highest BCUT2D eigenvalue weighted by molar-refractivity contribution is 7.21. The van der Waals surface area contributed by atoms with E-state index in [0.29, 0.717) is 29.4 Å². The summed E-state index contributed by atoms with van der Waals surface area (Å²) in [5, 5.41) is 3.17. The van der Waals surface area contributed by atoms with Gasteiger partial charge in [-0.1, -0.05) is 78.9 Å².